The zero-order chi connectivity index (χ0) is 23.3. The maximum absolute atomic E-state index is 12.7. The van der Waals surface area contributed by atoms with Crippen LogP contribution in [0.3, 0.4) is 0 Å². The molecule has 3 fully saturated rings. The van der Waals surface area contributed by atoms with Gasteiger partial charge in [0.1, 0.15) is 18.2 Å². The van der Waals surface area contributed by atoms with Gasteiger partial charge in [-0.1, -0.05) is 13.8 Å². The van der Waals surface area contributed by atoms with E-state index in [-0.39, 0.29) is 29.8 Å². The number of ether oxygens (including phenoxy) is 5. The first-order valence-electron chi connectivity index (χ1n) is 11.9. The molecular formula is C23H40N2O7. The third kappa shape index (κ3) is 6.12. The minimum atomic E-state index is -0.760. The summed E-state index contributed by atoms with van der Waals surface area (Å²) in [6.45, 7) is 5.64. The Kier molecular flexibility index (Phi) is 8.77. The van der Waals surface area contributed by atoms with E-state index in [0.717, 1.165) is 25.7 Å². The van der Waals surface area contributed by atoms with Crippen LogP contribution in [0.4, 0.5) is 4.79 Å². The van der Waals surface area contributed by atoms with Gasteiger partial charge in [0.25, 0.3) is 0 Å². The van der Waals surface area contributed by atoms with Crippen molar-refractivity contribution >= 4 is 12.1 Å². The molecule has 0 aromatic heterocycles. The molecular weight excluding hydrogens is 416 g/mol. The lowest BCUT2D eigenvalue weighted by Gasteiger charge is -2.40. The normalized spacial score (nSPS) is 34.2. The highest BCUT2D eigenvalue weighted by molar-refractivity contribution is 5.81. The van der Waals surface area contributed by atoms with Crippen molar-refractivity contribution in [2.75, 3.05) is 27.4 Å². The van der Waals surface area contributed by atoms with Crippen LogP contribution in [0.5, 0.6) is 0 Å². The highest BCUT2D eigenvalue weighted by Crippen LogP contribution is 2.54. The zero-order valence-corrected chi connectivity index (χ0v) is 19.8. The standard InChI is InChI=1S/C23H40N2O7/c1-14(2)8-9-16-20(31-16)18-19(28-3)17(10-11-23(18)13-30-23)32-22(27)25-15(21(26)29-4)7-5-6-12-24/h14-20H,5-13,24H2,1-4H3,(H,25,27)/t15?,16-,17?,18?,19?,20+,23+/m1/s1. The molecule has 0 bridgehead atoms. The van der Waals surface area contributed by atoms with Crippen LogP contribution < -0.4 is 11.1 Å². The third-order valence-electron chi connectivity index (χ3n) is 6.95. The van der Waals surface area contributed by atoms with Crippen molar-refractivity contribution in [2.24, 2.45) is 17.6 Å². The summed E-state index contributed by atoms with van der Waals surface area (Å²) in [5.74, 6) is 0.161. The van der Waals surface area contributed by atoms with Crippen molar-refractivity contribution in [3.8, 4) is 0 Å². The molecule has 7 atom stereocenters. The maximum atomic E-state index is 12.7. The third-order valence-corrected chi connectivity index (χ3v) is 6.95. The molecule has 0 aromatic rings. The second-order valence-corrected chi connectivity index (χ2v) is 9.68. The van der Waals surface area contributed by atoms with Gasteiger partial charge in [0.2, 0.25) is 0 Å². The molecule has 32 heavy (non-hydrogen) atoms. The van der Waals surface area contributed by atoms with Crippen LogP contribution in [-0.4, -0.2) is 75.5 Å². The molecule has 4 unspecified atom stereocenters. The van der Waals surface area contributed by atoms with E-state index < -0.39 is 24.2 Å². The fourth-order valence-corrected chi connectivity index (χ4v) is 4.99. The predicted molar refractivity (Wildman–Crippen MR) is 117 cm³/mol. The van der Waals surface area contributed by atoms with E-state index >= 15 is 0 Å². The summed E-state index contributed by atoms with van der Waals surface area (Å²) >= 11 is 0. The van der Waals surface area contributed by atoms with E-state index in [9.17, 15) is 9.59 Å². The number of alkyl carbamates (subject to hydrolysis) is 1. The molecule has 1 spiro atoms. The monoisotopic (exact) mass is 456 g/mol. The largest absolute Gasteiger partial charge is 0.467 e. The van der Waals surface area contributed by atoms with Crippen molar-refractivity contribution in [2.45, 2.75) is 94.9 Å². The number of nitrogens with one attached hydrogen (secondary N) is 1. The Hall–Kier alpha value is -1.42. The van der Waals surface area contributed by atoms with Gasteiger partial charge in [-0.25, -0.2) is 9.59 Å². The first-order chi connectivity index (χ1) is 15.3. The molecule has 2 heterocycles. The molecule has 0 radical (unpaired) electrons. The molecule has 3 N–H and O–H groups in total. The summed E-state index contributed by atoms with van der Waals surface area (Å²) in [5.41, 5.74) is 5.30. The molecule has 9 nitrogen and oxygen atoms in total. The minimum absolute atomic E-state index is 0.0252. The topological polar surface area (TPSA) is 125 Å². The van der Waals surface area contributed by atoms with E-state index in [2.05, 4.69) is 19.2 Å². The Labute approximate surface area is 191 Å². The quantitative estimate of drug-likeness (QED) is 0.260. The van der Waals surface area contributed by atoms with Gasteiger partial charge in [0.05, 0.1) is 31.5 Å². The lowest BCUT2D eigenvalue weighted by molar-refractivity contribution is -0.143. The Morgan fingerprint density at radius 2 is 1.97 bits per heavy atom. The van der Waals surface area contributed by atoms with Gasteiger partial charge >= 0.3 is 12.1 Å². The van der Waals surface area contributed by atoms with Crippen LogP contribution in [0.1, 0.15) is 58.8 Å². The number of hydrogen-bond acceptors (Lipinski definition) is 8. The number of epoxide rings is 2. The number of unbranched alkanes of at least 4 members (excludes halogenated alkanes) is 1. The molecule has 1 aliphatic carbocycles. The van der Waals surface area contributed by atoms with E-state index in [4.69, 9.17) is 29.4 Å². The highest BCUT2D eigenvalue weighted by atomic mass is 16.6. The molecule has 2 aliphatic heterocycles. The summed E-state index contributed by atoms with van der Waals surface area (Å²) in [7, 11) is 2.95. The first kappa shape index (κ1) is 25.2. The molecule has 9 heteroatoms. The molecule has 3 aliphatic rings. The Balaban J connectivity index is 1.59. The second kappa shape index (κ2) is 11.1. The average Bonchev–Trinajstić information content (AvgIpc) is 3.69. The fourth-order valence-electron chi connectivity index (χ4n) is 4.99. The SMILES string of the molecule is COC(=O)C(CCCCN)NC(=O)OC1CC[C@]2(CO2)C([C@H]2O[C@@H]2CCC(C)C)C1OC. The van der Waals surface area contributed by atoms with Crippen LogP contribution in [-0.2, 0) is 28.5 Å². The van der Waals surface area contributed by atoms with Gasteiger partial charge in [0.15, 0.2) is 0 Å². The lowest BCUT2D eigenvalue weighted by Crippen LogP contribution is -2.54. The number of carbonyl (C=O) groups excluding carboxylic acids is 2. The van der Waals surface area contributed by atoms with Crippen molar-refractivity contribution in [3.63, 3.8) is 0 Å². The number of nitrogens with two attached hydrogens (primary N) is 1. The summed E-state index contributed by atoms with van der Waals surface area (Å²) in [6.07, 6.45) is 4.37. The highest BCUT2D eigenvalue weighted by Gasteiger charge is 2.66. The summed E-state index contributed by atoms with van der Waals surface area (Å²) < 4.78 is 28.4. The van der Waals surface area contributed by atoms with Gasteiger partial charge in [-0.2, -0.15) is 0 Å². The molecule has 184 valence electrons. The van der Waals surface area contributed by atoms with Gasteiger partial charge in [-0.15, -0.1) is 0 Å². The number of hydrogen-bond donors (Lipinski definition) is 2. The molecule has 1 saturated carbocycles. The summed E-state index contributed by atoms with van der Waals surface area (Å²) in [5, 5.41) is 2.66. The molecule has 3 rings (SSSR count). The fraction of sp³-hybridized carbons (Fsp3) is 0.913. The Morgan fingerprint density at radius 3 is 2.56 bits per heavy atom. The average molecular weight is 457 g/mol. The number of esters is 1. The van der Waals surface area contributed by atoms with Crippen molar-refractivity contribution in [3.05, 3.63) is 0 Å². The van der Waals surface area contributed by atoms with Gasteiger partial charge in [-0.05, 0) is 57.4 Å². The van der Waals surface area contributed by atoms with Crippen molar-refractivity contribution < 1.29 is 33.3 Å². The number of rotatable bonds is 12. The van der Waals surface area contributed by atoms with E-state index in [1.807, 2.05) is 0 Å². The summed E-state index contributed by atoms with van der Waals surface area (Å²) in [6, 6.07) is -0.760. The molecule has 0 aromatic carbocycles. The van der Waals surface area contributed by atoms with E-state index in [1.165, 1.54) is 7.11 Å². The van der Waals surface area contributed by atoms with Crippen LogP contribution in [0.2, 0.25) is 0 Å². The lowest BCUT2D eigenvalue weighted by atomic mass is 9.73. The predicted octanol–water partition coefficient (Wildman–Crippen LogP) is 2.15. The van der Waals surface area contributed by atoms with Crippen molar-refractivity contribution in [1.29, 1.82) is 0 Å². The summed E-state index contributed by atoms with van der Waals surface area (Å²) in [4.78, 5) is 24.7. The van der Waals surface area contributed by atoms with Crippen molar-refractivity contribution in [1.82, 2.24) is 5.32 Å². The number of methoxy groups -OCH3 is 2. The van der Waals surface area contributed by atoms with Crippen LogP contribution in [0.15, 0.2) is 0 Å². The van der Waals surface area contributed by atoms with E-state index in [0.29, 0.717) is 38.3 Å². The zero-order valence-electron chi connectivity index (χ0n) is 19.8. The number of carbonyl (C=O) groups is 2. The number of amides is 1. The molecule has 2 saturated heterocycles. The minimum Gasteiger partial charge on any atom is -0.467 e. The van der Waals surface area contributed by atoms with Crippen LogP contribution >= 0.6 is 0 Å². The van der Waals surface area contributed by atoms with Gasteiger partial charge in [-0.3, -0.25) is 0 Å². The van der Waals surface area contributed by atoms with Crippen LogP contribution in [0.25, 0.3) is 0 Å². The van der Waals surface area contributed by atoms with E-state index in [1.54, 1.807) is 7.11 Å². The first-order valence-corrected chi connectivity index (χ1v) is 11.9. The maximum Gasteiger partial charge on any atom is 0.408 e. The second-order valence-electron chi connectivity index (χ2n) is 9.68. The van der Waals surface area contributed by atoms with Gasteiger partial charge in [0, 0.05) is 13.0 Å². The smallest absolute Gasteiger partial charge is 0.408 e. The van der Waals surface area contributed by atoms with Gasteiger partial charge < -0.3 is 34.7 Å². The van der Waals surface area contributed by atoms with Crippen LogP contribution in [0, 0.1) is 11.8 Å². The molecule has 1 amide bonds. The Morgan fingerprint density at radius 1 is 1.22 bits per heavy atom. The Bertz CT molecular complexity index is 640.